The van der Waals surface area contributed by atoms with Crippen LogP contribution in [0.4, 0.5) is 0 Å². The van der Waals surface area contributed by atoms with E-state index in [4.69, 9.17) is 0 Å². The topological polar surface area (TPSA) is 20.2 Å². The van der Waals surface area contributed by atoms with Gasteiger partial charge in [-0.2, -0.15) is 0 Å². The molecule has 0 amide bonds. The molecule has 0 saturated heterocycles. The number of halogens is 1. The Morgan fingerprint density at radius 1 is 1.57 bits per heavy atom. The van der Waals surface area contributed by atoms with Crippen molar-refractivity contribution in [3.63, 3.8) is 0 Å². The maximum atomic E-state index is 9.96. The van der Waals surface area contributed by atoms with E-state index in [9.17, 15) is 5.11 Å². The van der Waals surface area contributed by atoms with Crippen LogP contribution in [0.5, 0.6) is 0 Å². The summed E-state index contributed by atoms with van der Waals surface area (Å²) < 4.78 is 0.964. The van der Waals surface area contributed by atoms with Crippen LogP contribution in [0.25, 0.3) is 0 Å². The summed E-state index contributed by atoms with van der Waals surface area (Å²) in [5.74, 6) is 0. The third-order valence-corrected chi connectivity index (χ3v) is 2.84. The Morgan fingerprint density at radius 2 is 2.21 bits per heavy atom. The highest BCUT2D eigenvalue weighted by Gasteiger charge is 2.13. The predicted octanol–water partition coefficient (Wildman–Crippen LogP) is 3.76. The molecule has 14 heavy (non-hydrogen) atoms. The highest BCUT2D eigenvalue weighted by atomic mass is 79.9. The second kappa shape index (κ2) is 4.76. The lowest BCUT2D eigenvalue weighted by atomic mass is 9.99. The van der Waals surface area contributed by atoms with Crippen LogP contribution in [-0.2, 0) is 0 Å². The zero-order valence-corrected chi connectivity index (χ0v) is 10.1. The molecule has 1 atom stereocenters. The predicted molar refractivity (Wildman–Crippen MR) is 63.3 cm³/mol. The standard InChI is InChI=1S/C12H15BrO/c1-8(2)7-11(14)12-9(3)5-4-6-10(12)13/h4-6,11,14H,1,7H2,2-3H3. The smallest absolute Gasteiger partial charge is 0.0840 e. The average molecular weight is 255 g/mol. The fourth-order valence-corrected chi connectivity index (χ4v) is 2.23. The summed E-state index contributed by atoms with van der Waals surface area (Å²) in [5, 5.41) is 9.96. The summed E-state index contributed by atoms with van der Waals surface area (Å²) >= 11 is 3.45. The van der Waals surface area contributed by atoms with E-state index in [1.165, 1.54) is 0 Å². The second-order valence-electron chi connectivity index (χ2n) is 3.65. The van der Waals surface area contributed by atoms with Gasteiger partial charge in [-0.15, -0.1) is 6.58 Å². The number of aryl methyl sites for hydroxylation is 1. The van der Waals surface area contributed by atoms with Crippen LogP contribution in [0.3, 0.4) is 0 Å². The number of benzene rings is 1. The molecular formula is C12H15BrO. The summed E-state index contributed by atoms with van der Waals surface area (Å²) in [6, 6.07) is 5.92. The van der Waals surface area contributed by atoms with Gasteiger partial charge in [0.1, 0.15) is 0 Å². The van der Waals surface area contributed by atoms with Gasteiger partial charge in [-0.3, -0.25) is 0 Å². The highest BCUT2D eigenvalue weighted by Crippen LogP contribution is 2.29. The van der Waals surface area contributed by atoms with E-state index in [0.29, 0.717) is 6.42 Å². The SMILES string of the molecule is C=C(C)CC(O)c1c(C)cccc1Br. The first-order valence-corrected chi connectivity index (χ1v) is 5.39. The van der Waals surface area contributed by atoms with Crippen molar-refractivity contribution in [2.45, 2.75) is 26.4 Å². The van der Waals surface area contributed by atoms with Crippen LogP contribution in [-0.4, -0.2) is 5.11 Å². The van der Waals surface area contributed by atoms with Crippen molar-refractivity contribution < 1.29 is 5.11 Å². The molecule has 1 aromatic carbocycles. The maximum Gasteiger partial charge on any atom is 0.0840 e. The van der Waals surface area contributed by atoms with Crippen LogP contribution in [0.1, 0.15) is 30.6 Å². The Morgan fingerprint density at radius 3 is 2.71 bits per heavy atom. The lowest BCUT2D eigenvalue weighted by Gasteiger charge is -2.15. The van der Waals surface area contributed by atoms with Crippen LogP contribution < -0.4 is 0 Å². The number of aliphatic hydroxyl groups excluding tert-OH is 1. The quantitative estimate of drug-likeness (QED) is 0.815. The summed E-state index contributed by atoms with van der Waals surface area (Å²) in [6.07, 6.45) is 0.159. The zero-order chi connectivity index (χ0) is 10.7. The lowest BCUT2D eigenvalue weighted by Crippen LogP contribution is -2.01. The number of hydrogen-bond donors (Lipinski definition) is 1. The molecular weight excluding hydrogens is 240 g/mol. The molecule has 0 fully saturated rings. The van der Waals surface area contributed by atoms with E-state index < -0.39 is 6.10 Å². The fraction of sp³-hybridized carbons (Fsp3) is 0.333. The molecule has 1 aromatic rings. The summed E-state index contributed by atoms with van der Waals surface area (Å²) in [7, 11) is 0. The normalized spacial score (nSPS) is 12.6. The Bertz CT molecular complexity index is 324. The van der Waals surface area contributed by atoms with Gasteiger partial charge in [-0.25, -0.2) is 0 Å². The second-order valence-corrected chi connectivity index (χ2v) is 4.50. The van der Waals surface area contributed by atoms with Gasteiger partial charge < -0.3 is 5.11 Å². The molecule has 1 nitrogen and oxygen atoms in total. The molecule has 0 aromatic heterocycles. The van der Waals surface area contributed by atoms with Crippen LogP contribution >= 0.6 is 15.9 Å². The van der Waals surface area contributed by atoms with Crippen molar-refractivity contribution >= 4 is 15.9 Å². The molecule has 0 radical (unpaired) electrons. The van der Waals surface area contributed by atoms with Crippen LogP contribution in [0.15, 0.2) is 34.8 Å². The van der Waals surface area contributed by atoms with Crippen molar-refractivity contribution in [1.29, 1.82) is 0 Å². The first-order chi connectivity index (χ1) is 6.52. The minimum absolute atomic E-state index is 0.455. The van der Waals surface area contributed by atoms with Crippen molar-refractivity contribution in [2.24, 2.45) is 0 Å². The minimum atomic E-state index is -0.455. The summed E-state index contributed by atoms with van der Waals surface area (Å²) in [4.78, 5) is 0. The number of hydrogen-bond acceptors (Lipinski definition) is 1. The van der Waals surface area contributed by atoms with Gasteiger partial charge in [0.15, 0.2) is 0 Å². The molecule has 1 rings (SSSR count). The number of rotatable bonds is 3. The molecule has 1 unspecified atom stereocenters. The van der Waals surface area contributed by atoms with Gasteiger partial charge in [-0.1, -0.05) is 33.6 Å². The van der Waals surface area contributed by atoms with Crippen molar-refractivity contribution in [2.75, 3.05) is 0 Å². The van der Waals surface area contributed by atoms with Gasteiger partial charge in [0.25, 0.3) is 0 Å². The molecule has 0 bridgehead atoms. The molecule has 0 spiro atoms. The van der Waals surface area contributed by atoms with Crippen molar-refractivity contribution in [3.05, 3.63) is 46.0 Å². The molecule has 0 heterocycles. The van der Waals surface area contributed by atoms with Crippen LogP contribution in [0.2, 0.25) is 0 Å². The highest BCUT2D eigenvalue weighted by molar-refractivity contribution is 9.10. The van der Waals surface area contributed by atoms with Crippen molar-refractivity contribution in [1.82, 2.24) is 0 Å². The molecule has 2 heteroatoms. The third kappa shape index (κ3) is 2.69. The Labute approximate surface area is 93.6 Å². The van der Waals surface area contributed by atoms with E-state index in [0.717, 1.165) is 21.2 Å². The summed E-state index contributed by atoms with van der Waals surface area (Å²) in [5.41, 5.74) is 3.07. The molecule has 0 aliphatic heterocycles. The number of aliphatic hydroxyl groups is 1. The Balaban J connectivity index is 2.99. The van der Waals surface area contributed by atoms with E-state index in [-0.39, 0.29) is 0 Å². The van der Waals surface area contributed by atoms with E-state index in [1.807, 2.05) is 32.0 Å². The van der Waals surface area contributed by atoms with Gasteiger partial charge in [0, 0.05) is 4.47 Å². The van der Waals surface area contributed by atoms with Gasteiger partial charge in [0.05, 0.1) is 6.10 Å². The monoisotopic (exact) mass is 254 g/mol. The van der Waals surface area contributed by atoms with E-state index >= 15 is 0 Å². The zero-order valence-electron chi connectivity index (χ0n) is 8.55. The first kappa shape index (κ1) is 11.5. The molecule has 0 aliphatic carbocycles. The van der Waals surface area contributed by atoms with E-state index in [2.05, 4.69) is 22.5 Å². The Kier molecular flexibility index (Phi) is 3.90. The minimum Gasteiger partial charge on any atom is -0.388 e. The largest absolute Gasteiger partial charge is 0.388 e. The molecule has 0 saturated carbocycles. The van der Waals surface area contributed by atoms with E-state index in [1.54, 1.807) is 0 Å². The van der Waals surface area contributed by atoms with Gasteiger partial charge in [0.2, 0.25) is 0 Å². The van der Waals surface area contributed by atoms with Gasteiger partial charge >= 0.3 is 0 Å². The maximum absolute atomic E-state index is 9.96. The average Bonchev–Trinajstić information content (AvgIpc) is 2.01. The fourth-order valence-electron chi connectivity index (χ4n) is 1.50. The van der Waals surface area contributed by atoms with Gasteiger partial charge in [-0.05, 0) is 37.5 Å². The Hall–Kier alpha value is -0.600. The summed E-state index contributed by atoms with van der Waals surface area (Å²) in [6.45, 7) is 7.73. The van der Waals surface area contributed by atoms with Crippen molar-refractivity contribution in [3.8, 4) is 0 Å². The first-order valence-electron chi connectivity index (χ1n) is 4.60. The van der Waals surface area contributed by atoms with Crippen LogP contribution in [0, 0.1) is 6.92 Å². The molecule has 76 valence electrons. The molecule has 0 aliphatic rings. The third-order valence-electron chi connectivity index (χ3n) is 2.15. The molecule has 1 N–H and O–H groups in total. The lowest BCUT2D eigenvalue weighted by molar-refractivity contribution is 0.177.